The van der Waals surface area contributed by atoms with Crippen LogP contribution < -0.4 is 5.43 Å². The number of nitrogens with zero attached hydrogens (tertiary/aromatic N) is 1. The second kappa shape index (κ2) is 5.78. The zero-order valence-corrected chi connectivity index (χ0v) is 10.5. The number of hydrazone groups is 1. The van der Waals surface area contributed by atoms with Crippen molar-refractivity contribution in [3.8, 4) is 0 Å². The number of carbonyl (C=O) groups is 2. The highest BCUT2D eigenvalue weighted by molar-refractivity contribution is 6.30. The van der Waals surface area contributed by atoms with Crippen LogP contribution in [-0.2, 0) is 4.79 Å². The number of carbonyl (C=O) groups excluding carboxylic acids is 2. The molecule has 94 valence electrons. The van der Waals surface area contributed by atoms with Crippen molar-refractivity contribution < 1.29 is 9.59 Å². The van der Waals surface area contributed by atoms with Gasteiger partial charge in [-0.25, -0.2) is 5.43 Å². The van der Waals surface area contributed by atoms with Crippen LogP contribution in [0, 0.1) is 0 Å². The fourth-order valence-electron chi connectivity index (χ4n) is 1.79. The normalized spacial score (nSPS) is 17.8. The molecule has 0 aromatic heterocycles. The zero-order chi connectivity index (χ0) is 13.0. The second-order valence-corrected chi connectivity index (χ2v) is 4.63. The molecule has 0 saturated heterocycles. The summed E-state index contributed by atoms with van der Waals surface area (Å²) in [7, 11) is 0. The summed E-state index contributed by atoms with van der Waals surface area (Å²) >= 11 is 5.73. The minimum Gasteiger partial charge on any atom is -0.299 e. The Bertz CT molecular complexity index is 494. The average molecular weight is 265 g/mol. The third-order valence-corrected chi connectivity index (χ3v) is 3.00. The van der Waals surface area contributed by atoms with Gasteiger partial charge in [0, 0.05) is 29.1 Å². The standard InChI is InChI=1S/C13H13ClN2O2/c14-10-6-4-9(5-7-10)13(18)16-15-11-2-1-3-12(17)8-11/h4-7H,1-3,8H2,(H,16,18)/b15-11+. The molecule has 0 bridgehead atoms. The second-order valence-electron chi connectivity index (χ2n) is 4.19. The van der Waals surface area contributed by atoms with Crippen LogP contribution in [0.3, 0.4) is 0 Å². The third-order valence-electron chi connectivity index (χ3n) is 2.74. The van der Waals surface area contributed by atoms with E-state index in [1.165, 1.54) is 0 Å². The van der Waals surface area contributed by atoms with Gasteiger partial charge in [-0.1, -0.05) is 11.6 Å². The van der Waals surface area contributed by atoms with Crippen LogP contribution in [0.5, 0.6) is 0 Å². The van der Waals surface area contributed by atoms with Crippen LogP contribution in [0.1, 0.15) is 36.0 Å². The molecule has 4 nitrogen and oxygen atoms in total. The maximum Gasteiger partial charge on any atom is 0.271 e. The molecule has 0 unspecified atom stereocenters. The van der Waals surface area contributed by atoms with Crippen LogP contribution in [-0.4, -0.2) is 17.4 Å². The van der Waals surface area contributed by atoms with E-state index in [2.05, 4.69) is 10.5 Å². The summed E-state index contributed by atoms with van der Waals surface area (Å²) in [6.07, 6.45) is 2.55. The molecule has 0 spiro atoms. The van der Waals surface area contributed by atoms with E-state index in [1.54, 1.807) is 24.3 Å². The molecule has 1 aromatic rings. The summed E-state index contributed by atoms with van der Waals surface area (Å²) in [4.78, 5) is 23.0. The lowest BCUT2D eigenvalue weighted by atomic mass is 9.97. The highest BCUT2D eigenvalue weighted by Crippen LogP contribution is 2.12. The van der Waals surface area contributed by atoms with Crippen LogP contribution in [0.4, 0.5) is 0 Å². The lowest BCUT2D eigenvalue weighted by Crippen LogP contribution is -2.22. The number of hydrogen-bond acceptors (Lipinski definition) is 3. The van der Waals surface area contributed by atoms with Crippen LogP contribution >= 0.6 is 11.6 Å². The van der Waals surface area contributed by atoms with E-state index in [-0.39, 0.29) is 11.7 Å². The Morgan fingerprint density at radius 1 is 1.22 bits per heavy atom. The van der Waals surface area contributed by atoms with E-state index >= 15 is 0 Å². The van der Waals surface area contributed by atoms with E-state index in [4.69, 9.17) is 11.6 Å². The van der Waals surface area contributed by atoms with Gasteiger partial charge in [-0.05, 0) is 37.1 Å². The van der Waals surface area contributed by atoms with Crippen LogP contribution in [0.2, 0.25) is 5.02 Å². The van der Waals surface area contributed by atoms with E-state index in [9.17, 15) is 9.59 Å². The molecule has 1 aliphatic carbocycles. The molecule has 1 aliphatic rings. The number of nitrogens with one attached hydrogen (secondary N) is 1. The molecule has 1 fully saturated rings. The largest absolute Gasteiger partial charge is 0.299 e. The van der Waals surface area contributed by atoms with E-state index in [0.29, 0.717) is 23.4 Å². The van der Waals surface area contributed by atoms with E-state index < -0.39 is 0 Å². The quantitative estimate of drug-likeness (QED) is 0.835. The third kappa shape index (κ3) is 3.40. The molecule has 0 radical (unpaired) electrons. The molecule has 0 heterocycles. The van der Waals surface area contributed by atoms with Crippen molar-refractivity contribution in [1.82, 2.24) is 5.43 Å². The Hall–Kier alpha value is -1.68. The Labute approximate surface area is 110 Å². The minimum absolute atomic E-state index is 0.181. The van der Waals surface area contributed by atoms with Gasteiger partial charge >= 0.3 is 0 Å². The fraction of sp³-hybridized carbons (Fsp3) is 0.308. The summed E-state index contributed by atoms with van der Waals surface area (Å²) in [5.41, 5.74) is 3.70. The van der Waals surface area contributed by atoms with Gasteiger partial charge in [0.25, 0.3) is 5.91 Å². The van der Waals surface area contributed by atoms with Gasteiger partial charge in [-0.15, -0.1) is 0 Å². The molecule has 2 rings (SSSR count). The first kappa shape index (κ1) is 12.8. The number of benzene rings is 1. The van der Waals surface area contributed by atoms with Crippen LogP contribution in [0.25, 0.3) is 0 Å². The predicted octanol–water partition coefficient (Wildman–Crippen LogP) is 2.57. The first-order valence-electron chi connectivity index (χ1n) is 5.78. The van der Waals surface area contributed by atoms with Gasteiger partial charge in [0.15, 0.2) is 0 Å². The lowest BCUT2D eigenvalue weighted by molar-refractivity contribution is -0.118. The van der Waals surface area contributed by atoms with E-state index in [0.717, 1.165) is 18.6 Å². The van der Waals surface area contributed by atoms with Crippen molar-refractivity contribution in [3.63, 3.8) is 0 Å². The summed E-state index contributed by atoms with van der Waals surface area (Å²) in [5.74, 6) is -0.113. The highest BCUT2D eigenvalue weighted by atomic mass is 35.5. The molecule has 1 N–H and O–H groups in total. The van der Waals surface area contributed by atoms with Crippen molar-refractivity contribution in [2.75, 3.05) is 0 Å². The number of amides is 1. The predicted molar refractivity (Wildman–Crippen MR) is 69.8 cm³/mol. The molecule has 1 saturated carbocycles. The maximum atomic E-state index is 11.7. The zero-order valence-electron chi connectivity index (χ0n) is 9.78. The number of rotatable bonds is 2. The average Bonchev–Trinajstić information content (AvgIpc) is 2.37. The molecule has 18 heavy (non-hydrogen) atoms. The van der Waals surface area contributed by atoms with Crippen molar-refractivity contribution in [3.05, 3.63) is 34.9 Å². The first-order valence-corrected chi connectivity index (χ1v) is 6.16. The number of hydrogen-bond donors (Lipinski definition) is 1. The fourth-order valence-corrected chi connectivity index (χ4v) is 1.91. The van der Waals surface area contributed by atoms with Gasteiger partial charge in [-0.3, -0.25) is 9.59 Å². The van der Waals surface area contributed by atoms with E-state index in [1.807, 2.05) is 0 Å². The summed E-state index contributed by atoms with van der Waals surface area (Å²) in [6, 6.07) is 6.55. The maximum absolute atomic E-state index is 11.7. The SMILES string of the molecule is O=C1CCC/C(=N\NC(=O)c2ccc(Cl)cc2)C1. The molecule has 0 aliphatic heterocycles. The van der Waals surface area contributed by atoms with Crippen LogP contribution in [0.15, 0.2) is 29.4 Å². The summed E-state index contributed by atoms with van der Waals surface area (Å²) in [5, 5.41) is 4.58. The summed E-state index contributed by atoms with van der Waals surface area (Å²) in [6.45, 7) is 0. The highest BCUT2D eigenvalue weighted by Gasteiger charge is 2.14. The first-order chi connectivity index (χ1) is 8.65. The Kier molecular flexibility index (Phi) is 4.10. The molecule has 0 atom stereocenters. The molecule has 5 heteroatoms. The topological polar surface area (TPSA) is 58.5 Å². The lowest BCUT2D eigenvalue weighted by Gasteiger charge is -2.11. The molecular weight excluding hydrogens is 252 g/mol. The molecular formula is C13H13ClN2O2. The van der Waals surface area contributed by atoms with Crippen molar-refractivity contribution in [2.24, 2.45) is 5.10 Å². The minimum atomic E-state index is -0.294. The molecule has 1 aromatic carbocycles. The summed E-state index contributed by atoms with van der Waals surface area (Å²) < 4.78 is 0. The number of Topliss-reactive ketones (excluding diaryl/α,β-unsaturated/α-hetero) is 1. The van der Waals surface area contributed by atoms with Gasteiger partial charge in [0.1, 0.15) is 5.78 Å². The van der Waals surface area contributed by atoms with Gasteiger partial charge < -0.3 is 0 Å². The Morgan fingerprint density at radius 2 is 1.94 bits per heavy atom. The smallest absolute Gasteiger partial charge is 0.271 e. The Morgan fingerprint density at radius 3 is 2.61 bits per heavy atom. The number of halogens is 1. The Balaban J connectivity index is 1.97. The van der Waals surface area contributed by atoms with Crippen molar-refractivity contribution in [1.29, 1.82) is 0 Å². The number of ketones is 1. The van der Waals surface area contributed by atoms with Gasteiger partial charge in [0.2, 0.25) is 0 Å². The van der Waals surface area contributed by atoms with Crippen molar-refractivity contribution >= 4 is 29.0 Å². The molecule has 1 amide bonds. The monoisotopic (exact) mass is 264 g/mol. The van der Waals surface area contributed by atoms with Gasteiger partial charge in [0.05, 0.1) is 0 Å². The van der Waals surface area contributed by atoms with Crippen molar-refractivity contribution in [2.45, 2.75) is 25.7 Å². The van der Waals surface area contributed by atoms with Gasteiger partial charge in [-0.2, -0.15) is 5.10 Å².